The summed E-state index contributed by atoms with van der Waals surface area (Å²) >= 11 is 6.18. The van der Waals surface area contributed by atoms with Crippen molar-refractivity contribution in [2.75, 3.05) is 18.4 Å². The van der Waals surface area contributed by atoms with Crippen molar-refractivity contribution in [3.8, 4) is 0 Å². The van der Waals surface area contributed by atoms with E-state index in [1.54, 1.807) is 6.07 Å². The molecule has 1 unspecified atom stereocenters. The Hall–Kier alpha value is -2.53. The largest absolute Gasteiger partial charge is 0.362 e. The van der Waals surface area contributed by atoms with Crippen LogP contribution in [0, 0.1) is 0 Å². The highest BCUT2D eigenvalue weighted by atomic mass is 35.5. The van der Waals surface area contributed by atoms with E-state index in [0.29, 0.717) is 36.5 Å². The van der Waals surface area contributed by atoms with Crippen LogP contribution in [0.2, 0.25) is 5.02 Å². The average Bonchev–Trinajstić information content (AvgIpc) is 2.69. The maximum atomic E-state index is 13.1. The fraction of sp³-hybridized carbons (Fsp3) is 0.364. The van der Waals surface area contributed by atoms with Crippen molar-refractivity contribution in [3.05, 3.63) is 64.7 Å². The first-order chi connectivity index (χ1) is 13.5. The highest BCUT2D eigenvalue weighted by Gasteiger charge is 2.42. The molecular weight excluding hydrogens is 374 g/mol. The van der Waals surface area contributed by atoms with Gasteiger partial charge in [0.25, 0.3) is 5.91 Å². The van der Waals surface area contributed by atoms with Gasteiger partial charge in [-0.3, -0.25) is 9.59 Å². The van der Waals surface area contributed by atoms with Gasteiger partial charge in [-0.2, -0.15) is 0 Å². The quantitative estimate of drug-likeness (QED) is 0.822. The minimum absolute atomic E-state index is 0.122. The molecule has 0 aromatic heterocycles. The molecule has 1 atom stereocenters. The molecule has 0 aliphatic carbocycles. The van der Waals surface area contributed by atoms with Crippen molar-refractivity contribution in [2.24, 2.45) is 0 Å². The molecule has 2 aliphatic heterocycles. The number of likely N-dealkylation sites (tertiary alicyclic amines) is 1. The van der Waals surface area contributed by atoms with Crippen LogP contribution in [0.5, 0.6) is 0 Å². The number of piperidine rings is 1. The lowest BCUT2D eigenvalue weighted by Gasteiger charge is -2.46. The topological polar surface area (TPSA) is 61.4 Å². The fourth-order valence-corrected chi connectivity index (χ4v) is 4.51. The Morgan fingerprint density at radius 1 is 1.11 bits per heavy atom. The molecule has 0 bridgehead atoms. The summed E-state index contributed by atoms with van der Waals surface area (Å²) in [6.45, 7) is 3.25. The Labute approximate surface area is 170 Å². The van der Waals surface area contributed by atoms with E-state index in [1.807, 2.05) is 54.3 Å². The Bertz CT molecular complexity index is 892. The van der Waals surface area contributed by atoms with Crippen molar-refractivity contribution >= 4 is 29.1 Å². The highest BCUT2D eigenvalue weighted by Crippen LogP contribution is 2.35. The Morgan fingerprint density at radius 3 is 2.50 bits per heavy atom. The summed E-state index contributed by atoms with van der Waals surface area (Å²) in [5.74, 6) is -0.118. The van der Waals surface area contributed by atoms with Gasteiger partial charge in [-0.05, 0) is 24.1 Å². The first-order valence-electron chi connectivity index (χ1n) is 9.76. The number of carbonyl (C=O) groups excluding carboxylic acids is 2. The van der Waals surface area contributed by atoms with Gasteiger partial charge in [-0.1, -0.05) is 54.9 Å². The van der Waals surface area contributed by atoms with Crippen molar-refractivity contribution in [2.45, 2.75) is 37.8 Å². The number of nitrogens with one attached hydrogen (secondary N) is 2. The summed E-state index contributed by atoms with van der Waals surface area (Å²) in [5, 5.41) is 7.00. The van der Waals surface area contributed by atoms with E-state index >= 15 is 0 Å². The standard InChI is InChI=1S/C22H24ClN3O2/c1-2-16(15-7-4-3-5-8-15)21(28)26-13-11-22(12-14-26)24-18-10-6-9-17(23)19(18)20(27)25-22/h3-10,16,24H,2,11-14H2,1H3,(H,25,27). The third kappa shape index (κ3) is 3.35. The van der Waals surface area contributed by atoms with Gasteiger partial charge in [0.1, 0.15) is 5.66 Å². The molecule has 1 fully saturated rings. The van der Waals surface area contributed by atoms with E-state index in [9.17, 15) is 9.59 Å². The number of amides is 2. The number of carbonyl (C=O) groups is 2. The molecule has 0 saturated carbocycles. The minimum atomic E-state index is -0.528. The highest BCUT2D eigenvalue weighted by molar-refractivity contribution is 6.34. The number of anilines is 1. The van der Waals surface area contributed by atoms with Crippen LogP contribution in [0.15, 0.2) is 48.5 Å². The Morgan fingerprint density at radius 2 is 1.82 bits per heavy atom. The van der Waals surface area contributed by atoms with E-state index in [2.05, 4.69) is 10.6 Å². The zero-order chi connectivity index (χ0) is 19.7. The number of halogens is 1. The molecule has 2 aromatic rings. The predicted molar refractivity (Wildman–Crippen MR) is 111 cm³/mol. The van der Waals surface area contributed by atoms with Crippen molar-refractivity contribution in [1.29, 1.82) is 0 Å². The maximum absolute atomic E-state index is 13.1. The van der Waals surface area contributed by atoms with Gasteiger partial charge in [-0.25, -0.2) is 0 Å². The van der Waals surface area contributed by atoms with Gasteiger partial charge < -0.3 is 15.5 Å². The van der Waals surface area contributed by atoms with Crippen LogP contribution in [-0.4, -0.2) is 35.5 Å². The lowest BCUT2D eigenvalue weighted by molar-refractivity contribution is -0.134. The lowest BCUT2D eigenvalue weighted by atomic mass is 9.90. The van der Waals surface area contributed by atoms with Crippen LogP contribution >= 0.6 is 11.6 Å². The average molecular weight is 398 g/mol. The summed E-state index contributed by atoms with van der Waals surface area (Å²) in [6.07, 6.45) is 2.08. The molecule has 1 spiro atoms. The summed E-state index contributed by atoms with van der Waals surface area (Å²) in [7, 11) is 0. The van der Waals surface area contributed by atoms with Crippen LogP contribution in [0.4, 0.5) is 5.69 Å². The number of hydrogen-bond acceptors (Lipinski definition) is 3. The SMILES string of the molecule is CCC(C(=O)N1CCC2(CC1)NC(=O)c1c(Cl)cccc1N2)c1ccccc1. The molecule has 2 aliphatic rings. The number of fused-ring (bicyclic) bond motifs is 1. The zero-order valence-electron chi connectivity index (χ0n) is 15.9. The van der Waals surface area contributed by atoms with E-state index in [0.717, 1.165) is 17.7 Å². The first-order valence-corrected chi connectivity index (χ1v) is 10.1. The second kappa shape index (κ2) is 7.47. The molecule has 2 amide bonds. The van der Waals surface area contributed by atoms with Crippen LogP contribution in [0.25, 0.3) is 0 Å². The van der Waals surface area contributed by atoms with Gasteiger partial charge >= 0.3 is 0 Å². The van der Waals surface area contributed by atoms with Crippen LogP contribution in [-0.2, 0) is 4.79 Å². The molecule has 146 valence electrons. The van der Waals surface area contributed by atoms with E-state index < -0.39 is 5.66 Å². The fourth-order valence-electron chi connectivity index (χ4n) is 4.25. The number of nitrogens with zero attached hydrogens (tertiary/aromatic N) is 1. The molecule has 4 rings (SSSR count). The number of hydrogen-bond donors (Lipinski definition) is 2. The van der Waals surface area contributed by atoms with E-state index in [4.69, 9.17) is 11.6 Å². The Kier molecular flexibility index (Phi) is 5.02. The summed E-state index contributed by atoms with van der Waals surface area (Å²) < 4.78 is 0. The number of rotatable bonds is 3. The van der Waals surface area contributed by atoms with Crippen LogP contribution in [0.3, 0.4) is 0 Å². The summed E-state index contributed by atoms with van der Waals surface area (Å²) in [4.78, 5) is 27.7. The van der Waals surface area contributed by atoms with Gasteiger partial charge in [0.05, 0.1) is 22.2 Å². The predicted octanol–water partition coefficient (Wildman–Crippen LogP) is 4.01. The van der Waals surface area contributed by atoms with Gasteiger partial charge in [-0.15, -0.1) is 0 Å². The molecular formula is C22H24ClN3O2. The van der Waals surface area contributed by atoms with Crippen LogP contribution in [0.1, 0.15) is 48.0 Å². The summed E-state index contributed by atoms with van der Waals surface area (Å²) in [5.41, 5.74) is 1.78. The second-order valence-electron chi connectivity index (χ2n) is 7.52. The molecule has 6 heteroatoms. The maximum Gasteiger partial charge on any atom is 0.256 e. The van der Waals surface area contributed by atoms with Crippen LogP contribution < -0.4 is 10.6 Å². The van der Waals surface area contributed by atoms with Gasteiger partial charge in [0.2, 0.25) is 5.91 Å². The van der Waals surface area contributed by atoms with E-state index in [1.165, 1.54) is 0 Å². The molecule has 0 radical (unpaired) electrons. The molecule has 2 aromatic carbocycles. The first kappa shape index (κ1) is 18.8. The molecule has 2 heterocycles. The lowest BCUT2D eigenvalue weighted by Crippen LogP contribution is -2.63. The molecule has 2 N–H and O–H groups in total. The molecule has 28 heavy (non-hydrogen) atoms. The molecule has 1 saturated heterocycles. The normalized spacial score (nSPS) is 18.8. The zero-order valence-corrected chi connectivity index (χ0v) is 16.6. The smallest absolute Gasteiger partial charge is 0.256 e. The summed E-state index contributed by atoms with van der Waals surface area (Å²) in [6, 6.07) is 15.4. The Balaban J connectivity index is 1.47. The monoisotopic (exact) mass is 397 g/mol. The molecule has 5 nitrogen and oxygen atoms in total. The minimum Gasteiger partial charge on any atom is -0.362 e. The van der Waals surface area contributed by atoms with Gasteiger partial charge in [0, 0.05) is 25.9 Å². The van der Waals surface area contributed by atoms with Crippen molar-refractivity contribution in [1.82, 2.24) is 10.2 Å². The van der Waals surface area contributed by atoms with Crippen molar-refractivity contribution in [3.63, 3.8) is 0 Å². The third-order valence-electron chi connectivity index (χ3n) is 5.80. The van der Waals surface area contributed by atoms with E-state index in [-0.39, 0.29) is 17.7 Å². The van der Waals surface area contributed by atoms with Gasteiger partial charge in [0.15, 0.2) is 0 Å². The third-order valence-corrected chi connectivity index (χ3v) is 6.12. The number of benzene rings is 2. The second-order valence-corrected chi connectivity index (χ2v) is 7.93. The van der Waals surface area contributed by atoms with Crippen molar-refractivity contribution < 1.29 is 9.59 Å².